The summed E-state index contributed by atoms with van der Waals surface area (Å²) in [4.78, 5) is 0. The fraction of sp³-hybridized carbons (Fsp3) is 0.400. The number of rotatable bonds is 2. The van der Waals surface area contributed by atoms with E-state index in [0.29, 0.717) is 0 Å². The molecule has 0 bridgehead atoms. The van der Waals surface area contributed by atoms with Crippen LogP contribution in [0.25, 0.3) is 0 Å². The molecule has 0 saturated carbocycles. The molecular formula is C10H19Cl2N. The van der Waals surface area contributed by atoms with E-state index >= 15 is 0 Å². The van der Waals surface area contributed by atoms with Gasteiger partial charge in [-0.3, -0.25) is 0 Å². The zero-order valence-corrected chi connectivity index (χ0v) is 9.83. The molecule has 0 aliphatic rings. The van der Waals surface area contributed by atoms with E-state index in [-0.39, 0.29) is 31.0 Å². The summed E-state index contributed by atoms with van der Waals surface area (Å²) >= 11 is 0. The number of benzene rings is 1. The quantitative estimate of drug-likeness (QED) is 0.812. The van der Waals surface area contributed by atoms with Crippen LogP contribution in [0, 0.1) is 5.92 Å². The first kappa shape index (κ1) is 18.5. The highest BCUT2D eigenvalue weighted by molar-refractivity contribution is 5.85. The third kappa shape index (κ3) is 8.10. The number of hydrogen-bond donors (Lipinski definition) is 1. The van der Waals surface area contributed by atoms with E-state index in [1.165, 1.54) is 12.0 Å². The SMILES string of the molecule is CC(C)Cc1ccccc1.Cl.Cl.N. The van der Waals surface area contributed by atoms with Gasteiger partial charge in [0.2, 0.25) is 0 Å². The summed E-state index contributed by atoms with van der Waals surface area (Å²) < 4.78 is 0. The van der Waals surface area contributed by atoms with Crippen LogP contribution in [-0.2, 0) is 6.42 Å². The second-order valence-electron chi connectivity index (χ2n) is 3.08. The van der Waals surface area contributed by atoms with Gasteiger partial charge in [0.25, 0.3) is 0 Å². The molecule has 0 aliphatic carbocycles. The van der Waals surface area contributed by atoms with Crippen LogP contribution in [0.4, 0.5) is 0 Å². The fourth-order valence-corrected chi connectivity index (χ4v) is 1.09. The lowest BCUT2D eigenvalue weighted by molar-refractivity contribution is 0.647. The molecule has 1 aromatic carbocycles. The van der Waals surface area contributed by atoms with Gasteiger partial charge < -0.3 is 6.15 Å². The molecule has 1 nitrogen and oxygen atoms in total. The molecule has 0 spiro atoms. The first-order chi connectivity index (χ1) is 4.79. The average molecular weight is 224 g/mol. The lowest BCUT2D eigenvalue weighted by Crippen LogP contribution is -1.92. The molecule has 0 unspecified atom stereocenters. The third-order valence-corrected chi connectivity index (χ3v) is 1.49. The van der Waals surface area contributed by atoms with Crippen LogP contribution in [0.3, 0.4) is 0 Å². The Bertz CT molecular complexity index is 187. The number of hydrogen-bond acceptors (Lipinski definition) is 1. The minimum absolute atomic E-state index is 0. The minimum Gasteiger partial charge on any atom is -0.344 e. The van der Waals surface area contributed by atoms with Gasteiger partial charge in [0.05, 0.1) is 0 Å². The topological polar surface area (TPSA) is 35.0 Å². The molecule has 0 saturated heterocycles. The van der Waals surface area contributed by atoms with Crippen molar-refractivity contribution in [3.8, 4) is 0 Å². The third-order valence-electron chi connectivity index (χ3n) is 1.49. The molecule has 13 heavy (non-hydrogen) atoms. The van der Waals surface area contributed by atoms with Gasteiger partial charge in [-0.1, -0.05) is 44.2 Å². The molecule has 1 aromatic rings. The van der Waals surface area contributed by atoms with Crippen molar-refractivity contribution in [3.63, 3.8) is 0 Å². The molecule has 0 radical (unpaired) electrons. The summed E-state index contributed by atoms with van der Waals surface area (Å²) in [5, 5.41) is 0. The van der Waals surface area contributed by atoms with Gasteiger partial charge in [-0.25, -0.2) is 0 Å². The van der Waals surface area contributed by atoms with Gasteiger partial charge in [0.15, 0.2) is 0 Å². The van der Waals surface area contributed by atoms with E-state index in [1.54, 1.807) is 0 Å². The smallest absolute Gasteiger partial charge is 0.0256 e. The van der Waals surface area contributed by atoms with Crippen LogP contribution in [0.1, 0.15) is 19.4 Å². The second-order valence-corrected chi connectivity index (χ2v) is 3.08. The van der Waals surface area contributed by atoms with Gasteiger partial charge in [-0.15, -0.1) is 24.8 Å². The van der Waals surface area contributed by atoms with E-state index in [0.717, 1.165) is 5.92 Å². The largest absolute Gasteiger partial charge is 0.344 e. The molecule has 3 N–H and O–H groups in total. The van der Waals surface area contributed by atoms with Crippen molar-refractivity contribution in [1.82, 2.24) is 6.15 Å². The molecule has 0 atom stereocenters. The van der Waals surface area contributed by atoms with Gasteiger partial charge in [-0.05, 0) is 17.9 Å². The van der Waals surface area contributed by atoms with E-state index in [4.69, 9.17) is 0 Å². The monoisotopic (exact) mass is 223 g/mol. The van der Waals surface area contributed by atoms with E-state index in [1.807, 2.05) is 0 Å². The van der Waals surface area contributed by atoms with Crippen molar-refractivity contribution >= 4 is 24.8 Å². The highest BCUT2D eigenvalue weighted by atomic mass is 35.5. The van der Waals surface area contributed by atoms with Crippen LogP contribution >= 0.6 is 24.8 Å². The molecular weight excluding hydrogens is 205 g/mol. The van der Waals surface area contributed by atoms with Crippen molar-refractivity contribution in [1.29, 1.82) is 0 Å². The van der Waals surface area contributed by atoms with Crippen molar-refractivity contribution < 1.29 is 0 Å². The molecule has 78 valence electrons. The summed E-state index contributed by atoms with van der Waals surface area (Å²) in [5.41, 5.74) is 1.44. The van der Waals surface area contributed by atoms with Crippen molar-refractivity contribution in [3.05, 3.63) is 35.9 Å². The van der Waals surface area contributed by atoms with E-state index in [2.05, 4.69) is 44.2 Å². The first-order valence-corrected chi connectivity index (χ1v) is 3.83. The van der Waals surface area contributed by atoms with Crippen molar-refractivity contribution in [2.75, 3.05) is 0 Å². The molecule has 0 fully saturated rings. The van der Waals surface area contributed by atoms with Crippen LogP contribution in [0.2, 0.25) is 0 Å². The van der Waals surface area contributed by atoms with Crippen molar-refractivity contribution in [2.45, 2.75) is 20.3 Å². The first-order valence-electron chi connectivity index (χ1n) is 3.83. The Hall–Kier alpha value is -0.240. The Morgan fingerprint density at radius 1 is 1.00 bits per heavy atom. The van der Waals surface area contributed by atoms with Gasteiger partial charge >= 0.3 is 0 Å². The predicted molar refractivity (Wildman–Crippen MR) is 64.5 cm³/mol. The lowest BCUT2D eigenvalue weighted by atomic mass is 10.0. The standard InChI is InChI=1S/C10H14.2ClH.H3N/c1-9(2)8-10-6-4-3-5-7-10;;;/h3-7,9H,8H2,1-2H3;2*1H;1H3. The zero-order valence-electron chi connectivity index (χ0n) is 8.19. The Morgan fingerprint density at radius 3 is 1.85 bits per heavy atom. The van der Waals surface area contributed by atoms with E-state index < -0.39 is 0 Å². The van der Waals surface area contributed by atoms with E-state index in [9.17, 15) is 0 Å². The Balaban J connectivity index is -0.000000333. The molecule has 3 heteroatoms. The Morgan fingerprint density at radius 2 is 1.46 bits per heavy atom. The van der Waals surface area contributed by atoms with Crippen molar-refractivity contribution in [2.24, 2.45) is 5.92 Å². The maximum Gasteiger partial charge on any atom is -0.0256 e. The van der Waals surface area contributed by atoms with Crippen LogP contribution in [0.5, 0.6) is 0 Å². The van der Waals surface area contributed by atoms with Crippen LogP contribution < -0.4 is 6.15 Å². The fourth-order valence-electron chi connectivity index (χ4n) is 1.09. The predicted octanol–water partition coefficient (Wildman–Crippen LogP) is 3.89. The average Bonchev–Trinajstić information content (AvgIpc) is 1.88. The van der Waals surface area contributed by atoms with Gasteiger partial charge in [-0.2, -0.15) is 0 Å². The number of halogens is 2. The molecule has 0 heterocycles. The zero-order chi connectivity index (χ0) is 7.40. The van der Waals surface area contributed by atoms with Gasteiger partial charge in [0, 0.05) is 0 Å². The summed E-state index contributed by atoms with van der Waals surface area (Å²) in [6.45, 7) is 4.49. The lowest BCUT2D eigenvalue weighted by Gasteiger charge is -2.02. The summed E-state index contributed by atoms with van der Waals surface area (Å²) in [7, 11) is 0. The highest BCUT2D eigenvalue weighted by Crippen LogP contribution is 2.05. The van der Waals surface area contributed by atoms with Gasteiger partial charge in [0.1, 0.15) is 0 Å². The molecule has 1 rings (SSSR count). The van der Waals surface area contributed by atoms with Crippen LogP contribution in [0.15, 0.2) is 30.3 Å². The molecule has 0 aromatic heterocycles. The second kappa shape index (κ2) is 9.85. The maximum atomic E-state index is 2.24. The minimum atomic E-state index is 0. The Labute approximate surface area is 93.3 Å². The Kier molecular flexibility index (Phi) is 14.0. The molecule has 0 aliphatic heterocycles. The highest BCUT2D eigenvalue weighted by Gasteiger charge is 1.94. The summed E-state index contributed by atoms with van der Waals surface area (Å²) in [5.74, 6) is 0.766. The molecule has 0 amide bonds. The summed E-state index contributed by atoms with van der Waals surface area (Å²) in [6.07, 6.45) is 1.20. The normalized spacial score (nSPS) is 7.92. The van der Waals surface area contributed by atoms with Crippen LogP contribution in [-0.4, -0.2) is 0 Å². The summed E-state index contributed by atoms with van der Waals surface area (Å²) in [6, 6.07) is 10.6. The maximum absolute atomic E-state index is 2.24.